The van der Waals surface area contributed by atoms with Crippen LogP contribution in [-0.4, -0.2) is 24.4 Å². The van der Waals surface area contributed by atoms with Crippen LogP contribution in [0.3, 0.4) is 0 Å². The highest BCUT2D eigenvalue weighted by molar-refractivity contribution is 6.31. The molecule has 27 heavy (non-hydrogen) atoms. The molecule has 2 aliphatic rings. The van der Waals surface area contributed by atoms with Crippen LogP contribution < -0.4 is 15.5 Å². The molecule has 5 nitrogen and oxygen atoms in total. The lowest BCUT2D eigenvalue weighted by molar-refractivity contribution is -0.118. The summed E-state index contributed by atoms with van der Waals surface area (Å²) in [5.74, 6) is -0.534. The quantitative estimate of drug-likeness (QED) is 0.837. The number of aryl methyl sites for hydroxylation is 1. The maximum atomic E-state index is 13.4. The van der Waals surface area contributed by atoms with Crippen LogP contribution in [0.2, 0.25) is 5.02 Å². The lowest BCUT2D eigenvalue weighted by atomic mass is 10.1. The van der Waals surface area contributed by atoms with Crippen molar-refractivity contribution < 1.29 is 14.0 Å². The molecule has 2 heterocycles. The lowest BCUT2D eigenvalue weighted by Gasteiger charge is -2.18. The summed E-state index contributed by atoms with van der Waals surface area (Å²) in [4.78, 5) is 26.0. The molecule has 2 N–H and O–H groups in total. The Bertz CT molecular complexity index is 918. The summed E-state index contributed by atoms with van der Waals surface area (Å²) in [5, 5.41) is 6.20. The van der Waals surface area contributed by atoms with Gasteiger partial charge < -0.3 is 15.5 Å². The fourth-order valence-corrected chi connectivity index (χ4v) is 3.76. The number of halogens is 2. The first-order chi connectivity index (χ1) is 13.0. The average molecular weight is 388 g/mol. The summed E-state index contributed by atoms with van der Waals surface area (Å²) in [5.41, 5.74) is 3.35. The molecular formula is C20H19ClFN3O2. The Morgan fingerprint density at radius 2 is 2.00 bits per heavy atom. The summed E-state index contributed by atoms with van der Waals surface area (Å²) >= 11 is 5.84. The Morgan fingerprint density at radius 1 is 1.15 bits per heavy atom. The summed E-state index contributed by atoms with van der Waals surface area (Å²) in [7, 11) is 0. The van der Waals surface area contributed by atoms with Gasteiger partial charge in [-0.2, -0.15) is 0 Å². The number of hydrogen-bond acceptors (Lipinski definition) is 3. The van der Waals surface area contributed by atoms with Gasteiger partial charge in [-0.05, 0) is 61.2 Å². The molecular weight excluding hydrogens is 369 g/mol. The van der Waals surface area contributed by atoms with Crippen molar-refractivity contribution >= 4 is 40.5 Å². The van der Waals surface area contributed by atoms with Crippen molar-refractivity contribution in [2.24, 2.45) is 0 Å². The minimum atomic E-state index is -0.501. The zero-order valence-electron chi connectivity index (χ0n) is 14.6. The van der Waals surface area contributed by atoms with Gasteiger partial charge in [-0.15, -0.1) is 0 Å². The molecule has 2 aromatic carbocycles. The summed E-state index contributed by atoms with van der Waals surface area (Å²) in [6.45, 7) is 0.541. The minimum absolute atomic E-state index is 0.00417. The molecule has 2 aliphatic heterocycles. The van der Waals surface area contributed by atoms with Crippen LogP contribution in [0.1, 0.15) is 24.8 Å². The third-order valence-electron chi connectivity index (χ3n) is 4.99. The van der Waals surface area contributed by atoms with Crippen molar-refractivity contribution in [3.8, 4) is 0 Å². The molecule has 0 aliphatic carbocycles. The van der Waals surface area contributed by atoms with Gasteiger partial charge in [-0.25, -0.2) is 4.39 Å². The summed E-state index contributed by atoms with van der Waals surface area (Å²) in [6, 6.07) is 9.69. The molecule has 0 radical (unpaired) electrons. The van der Waals surface area contributed by atoms with Gasteiger partial charge in [0.15, 0.2) is 0 Å². The smallest absolute Gasteiger partial charge is 0.249 e. The van der Waals surface area contributed by atoms with Gasteiger partial charge in [0, 0.05) is 30.0 Å². The zero-order chi connectivity index (χ0) is 19.0. The number of carbonyl (C=O) groups is 2. The SMILES string of the molecule is O=C1CCCc2cc(NC3CCN(c4ccc(F)c(Cl)c4)C3=O)ccc2N1. The Hall–Kier alpha value is -2.60. The third-order valence-corrected chi connectivity index (χ3v) is 5.28. The van der Waals surface area contributed by atoms with Crippen LogP contribution in [0, 0.1) is 5.82 Å². The number of nitrogens with one attached hydrogen (secondary N) is 2. The van der Waals surface area contributed by atoms with Gasteiger partial charge in [0.25, 0.3) is 0 Å². The van der Waals surface area contributed by atoms with Crippen molar-refractivity contribution in [1.82, 2.24) is 0 Å². The van der Waals surface area contributed by atoms with E-state index in [0.29, 0.717) is 25.1 Å². The second-order valence-corrected chi connectivity index (χ2v) is 7.25. The highest BCUT2D eigenvalue weighted by Gasteiger charge is 2.33. The van der Waals surface area contributed by atoms with Gasteiger partial charge >= 0.3 is 0 Å². The number of anilines is 3. The molecule has 2 amide bonds. The number of nitrogens with zero attached hydrogens (tertiary/aromatic N) is 1. The number of rotatable bonds is 3. The minimum Gasteiger partial charge on any atom is -0.374 e. The average Bonchev–Trinajstić information content (AvgIpc) is 2.88. The molecule has 1 fully saturated rings. The van der Waals surface area contributed by atoms with E-state index in [9.17, 15) is 14.0 Å². The topological polar surface area (TPSA) is 61.4 Å². The lowest BCUT2D eigenvalue weighted by Crippen LogP contribution is -2.33. The van der Waals surface area contributed by atoms with Crippen LogP contribution in [0.5, 0.6) is 0 Å². The van der Waals surface area contributed by atoms with Gasteiger partial charge in [-0.1, -0.05) is 11.6 Å². The number of carbonyl (C=O) groups excluding carboxylic acids is 2. The van der Waals surface area contributed by atoms with E-state index in [-0.39, 0.29) is 22.9 Å². The molecule has 0 spiro atoms. The standard InChI is InChI=1S/C20H19ClFN3O2/c21-15-11-14(5-6-16(15)22)25-9-8-18(20(25)27)23-13-4-7-17-12(10-13)2-1-3-19(26)24-17/h4-7,10-11,18,23H,1-3,8-9H2,(H,24,26). The first kappa shape index (κ1) is 17.8. The molecule has 1 atom stereocenters. The van der Waals surface area contributed by atoms with Gasteiger partial charge in [0.2, 0.25) is 11.8 Å². The first-order valence-electron chi connectivity index (χ1n) is 8.97. The van der Waals surface area contributed by atoms with Crippen LogP contribution in [0.4, 0.5) is 21.5 Å². The van der Waals surface area contributed by atoms with Gasteiger partial charge in [0.1, 0.15) is 11.9 Å². The zero-order valence-corrected chi connectivity index (χ0v) is 15.4. The highest BCUT2D eigenvalue weighted by Crippen LogP contribution is 2.29. The van der Waals surface area contributed by atoms with Crippen molar-refractivity contribution in [1.29, 1.82) is 0 Å². The highest BCUT2D eigenvalue weighted by atomic mass is 35.5. The molecule has 0 aromatic heterocycles. The van der Waals surface area contributed by atoms with Crippen molar-refractivity contribution in [3.63, 3.8) is 0 Å². The number of hydrogen-bond donors (Lipinski definition) is 2. The Kier molecular flexibility index (Phi) is 4.74. The Balaban J connectivity index is 1.49. The fraction of sp³-hybridized carbons (Fsp3) is 0.300. The predicted octanol–water partition coefficient (Wildman–Crippen LogP) is 3.97. The van der Waals surface area contributed by atoms with Crippen molar-refractivity contribution in [2.45, 2.75) is 31.7 Å². The van der Waals surface area contributed by atoms with Crippen LogP contribution in [-0.2, 0) is 16.0 Å². The normalized spacial score (nSPS) is 19.5. The number of benzene rings is 2. The van der Waals surface area contributed by atoms with Gasteiger partial charge in [-0.3, -0.25) is 9.59 Å². The predicted molar refractivity (Wildman–Crippen MR) is 104 cm³/mol. The second kappa shape index (κ2) is 7.19. The third kappa shape index (κ3) is 3.62. The van der Waals surface area contributed by atoms with E-state index in [2.05, 4.69) is 10.6 Å². The second-order valence-electron chi connectivity index (χ2n) is 6.85. The fourth-order valence-electron chi connectivity index (χ4n) is 3.59. The number of fused-ring (bicyclic) bond motifs is 1. The molecule has 0 bridgehead atoms. The van der Waals surface area contributed by atoms with Crippen molar-refractivity contribution in [3.05, 3.63) is 52.8 Å². The van der Waals surface area contributed by atoms with Crippen LogP contribution in [0.15, 0.2) is 36.4 Å². The molecule has 0 saturated carbocycles. The molecule has 1 saturated heterocycles. The van der Waals surface area contributed by atoms with E-state index in [1.807, 2.05) is 18.2 Å². The molecule has 7 heteroatoms. The maximum absolute atomic E-state index is 13.4. The first-order valence-corrected chi connectivity index (χ1v) is 9.35. The van der Waals surface area contributed by atoms with E-state index in [1.54, 1.807) is 11.0 Å². The van der Waals surface area contributed by atoms with E-state index in [1.165, 1.54) is 12.1 Å². The monoisotopic (exact) mass is 387 g/mol. The van der Waals surface area contributed by atoms with Gasteiger partial charge in [0.05, 0.1) is 5.02 Å². The molecule has 4 rings (SSSR count). The molecule has 140 valence electrons. The summed E-state index contributed by atoms with van der Waals surface area (Å²) in [6.07, 6.45) is 2.79. The maximum Gasteiger partial charge on any atom is 0.249 e. The summed E-state index contributed by atoms with van der Waals surface area (Å²) < 4.78 is 13.4. The van der Waals surface area contributed by atoms with E-state index in [4.69, 9.17) is 11.6 Å². The largest absolute Gasteiger partial charge is 0.374 e. The van der Waals surface area contributed by atoms with Crippen LogP contribution >= 0.6 is 11.6 Å². The Morgan fingerprint density at radius 3 is 2.81 bits per heavy atom. The molecule has 1 unspecified atom stereocenters. The van der Waals surface area contributed by atoms with Crippen LogP contribution in [0.25, 0.3) is 0 Å². The number of amides is 2. The van der Waals surface area contributed by atoms with E-state index < -0.39 is 5.82 Å². The Labute approximate surface area is 161 Å². The molecule has 2 aromatic rings. The van der Waals surface area contributed by atoms with Crippen molar-refractivity contribution in [2.75, 3.05) is 22.1 Å². The van der Waals surface area contributed by atoms with E-state index in [0.717, 1.165) is 29.8 Å². The van der Waals surface area contributed by atoms with E-state index >= 15 is 0 Å².